The molecular formula is C22H27N9O. The predicted octanol–water partition coefficient (Wildman–Crippen LogP) is 3.02. The van der Waals surface area contributed by atoms with E-state index in [4.69, 9.17) is 4.98 Å². The van der Waals surface area contributed by atoms with Gasteiger partial charge in [-0.15, -0.1) is 0 Å². The molecule has 0 aromatic carbocycles. The lowest BCUT2D eigenvalue weighted by Gasteiger charge is -2.21. The second kappa shape index (κ2) is 8.37. The molecule has 0 unspecified atom stereocenters. The molecule has 10 nitrogen and oxygen atoms in total. The molecule has 1 amide bonds. The normalized spacial score (nSPS) is 13.0. The maximum absolute atomic E-state index is 12.4. The zero-order valence-corrected chi connectivity index (χ0v) is 18.9. The van der Waals surface area contributed by atoms with Crippen LogP contribution in [-0.2, 0) is 12.5 Å². The van der Waals surface area contributed by atoms with Crippen LogP contribution in [0.3, 0.4) is 0 Å². The van der Waals surface area contributed by atoms with Gasteiger partial charge in [-0.2, -0.15) is 5.10 Å². The summed E-state index contributed by atoms with van der Waals surface area (Å²) in [6.45, 7) is 6.23. The molecule has 3 aromatic rings. The summed E-state index contributed by atoms with van der Waals surface area (Å²) in [7, 11) is 3.34. The zero-order chi connectivity index (χ0) is 22.9. The number of hydrogen-bond donors (Lipinski definition) is 3. The number of anilines is 3. The molecular weight excluding hydrogens is 406 g/mol. The van der Waals surface area contributed by atoms with Crippen molar-refractivity contribution in [3.05, 3.63) is 53.9 Å². The summed E-state index contributed by atoms with van der Waals surface area (Å²) in [6, 6.07) is 0. The Hall–Kier alpha value is -3.82. The fourth-order valence-corrected chi connectivity index (χ4v) is 3.22. The van der Waals surface area contributed by atoms with Crippen molar-refractivity contribution >= 4 is 28.7 Å². The van der Waals surface area contributed by atoms with Crippen LogP contribution in [0.1, 0.15) is 55.6 Å². The molecule has 10 heteroatoms. The number of aryl methyl sites for hydroxylation is 1. The van der Waals surface area contributed by atoms with Crippen LogP contribution < -0.4 is 16.0 Å². The SMILES string of the molecule is CNC(=O)c1c(NC(=C2CC2)c2nc(C(C)(C)C)ncc2Nc2cncnc2)cnn1C. The quantitative estimate of drug-likeness (QED) is 0.542. The van der Waals surface area contributed by atoms with Crippen LogP contribution in [0.4, 0.5) is 17.1 Å². The summed E-state index contributed by atoms with van der Waals surface area (Å²) >= 11 is 0. The lowest BCUT2D eigenvalue weighted by Crippen LogP contribution is -2.22. The maximum Gasteiger partial charge on any atom is 0.271 e. The molecule has 1 saturated carbocycles. The molecule has 3 heterocycles. The number of nitrogens with one attached hydrogen (secondary N) is 3. The van der Waals surface area contributed by atoms with Gasteiger partial charge in [0.05, 0.1) is 47.5 Å². The lowest BCUT2D eigenvalue weighted by molar-refractivity contribution is 0.0954. The largest absolute Gasteiger partial charge is 0.354 e. The molecule has 3 aromatic heterocycles. The number of nitrogens with zero attached hydrogens (tertiary/aromatic N) is 6. The van der Waals surface area contributed by atoms with Gasteiger partial charge in [0.25, 0.3) is 5.91 Å². The van der Waals surface area contributed by atoms with Crippen LogP contribution >= 0.6 is 0 Å². The predicted molar refractivity (Wildman–Crippen MR) is 122 cm³/mol. The molecule has 1 fully saturated rings. The monoisotopic (exact) mass is 433 g/mol. The van der Waals surface area contributed by atoms with Crippen molar-refractivity contribution in [2.24, 2.45) is 7.05 Å². The van der Waals surface area contributed by atoms with Crippen molar-refractivity contribution in [1.82, 2.24) is 35.0 Å². The van der Waals surface area contributed by atoms with Crippen LogP contribution in [0, 0.1) is 0 Å². The van der Waals surface area contributed by atoms with E-state index in [9.17, 15) is 4.79 Å². The number of carbonyl (C=O) groups excluding carboxylic acids is 1. The van der Waals surface area contributed by atoms with E-state index in [0.717, 1.165) is 41.4 Å². The van der Waals surface area contributed by atoms with E-state index >= 15 is 0 Å². The fourth-order valence-electron chi connectivity index (χ4n) is 3.22. The lowest BCUT2D eigenvalue weighted by atomic mass is 9.95. The molecule has 0 saturated heterocycles. The van der Waals surface area contributed by atoms with Gasteiger partial charge in [-0.3, -0.25) is 9.48 Å². The Bertz CT molecular complexity index is 1170. The van der Waals surface area contributed by atoms with E-state index in [2.05, 4.69) is 56.8 Å². The Balaban J connectivity index is 1.80. The van der Waals surface area contributed by atoms with Crippen molar-refractivity contribution in [2.75, 3.05) is 17.7 Å². The van der Waals surface area contributed by atoms with Crippen LogP contribution in [0.5, 0.6) is 0 Å². The third-order valence-corrected chi connectivity index (χ3v) is 5.03. The highest BCUT2D eigenvalue weighted by atomic mass is 16.1. The van der Waals surface area contributed by atoms with Gasteiger partial charge in [0.15, 0.2) is 0 Å². The third-order valence-electron chi connectivity index (χ3n) is 5.03. The molecule has 0 radical (unpaired) electrons. The topological polar surface area (TPSA) is 123 Å². The van der Waals surface area contributed by atoms with Crippen molar-refractivity contribution in [2.45, 2.75) is 39.0 Å². The standard InChI is InChI=1S/C22H27N9O/c1-22(2,3)21-26-10-15(28-14-8-24-12-25-9-14)18(30-21)17(13-6-7-13)29-16-11-27-31(5)19(16)20(32)23-4/h8-12,28-29H,6-7H2,1-5H3,(H,23,32). The second-order valence-electron chi connectivity index (χ2n) is 8.67. The first-order valence-corrected chi connectivity index (χ1v) is 10.4. The molecule has 0 spiro atoms. The smallest absolute Gasteiger partial charge is 0.271 e. The van der Waals surface area contributed by atoms with Gasteiger partial charge in [-0.1, -0.05) is 20.8 Å². The fraction of sp³-hybridized carbons (Fsp3) is 0.364. The molecule has 3 N–H and O–H groups in total. The Morgan fingerprint density at radius 3 is 2.41 bits per heavy atom. The summed E-state index contributed by atoms with van der Waals surface area (Å²) in [5.41, 5.74) is 5.09. The van der Waals surface area contributed by atoms with Crippen molar-refractivity contribution < 1.29 is 4.79 Å². The Labute approximate surface area is 186 Å². The number of allylic oxidation sites excluding steroid dienone is 1. The van der Waals surface area contributed by atoms with Gasteiger partial charge in [0, 0.05) is 19.5 Å². The van der Waals surface area contributed by atoms with Crippen LogP contribution in [0.2, 0.25) is 0 Å². The van der Waals surface area contributed by atoms with Crippen molar-refractivity contribution in [1.29, 1.82) is 0 Å². The minimum Gasteiger partial charge on any atom is -0.354 e. The summed E-state index contributed by atoms with van der Waals surface area (Å²) in [5, 5.41) is 13.7. The molecule has 166 valence electrons. The van der Waals surface area contributed by atoms with Crippen molar-refractivity contribution in [3.8, 4) is 0 Å². The first-order valence-electron chi connectivity index (χ1n) is 10.4. The average molecular weight is 434 g/mol. The first kappa shape index (κ1) is 21.4. The molecule has 1 aliphatic rings. The molecule has 0 bridgehead atoms. The maximum atomic E-state index is 12.4. The van der Waals surface area contributed by atoms with E-state index in [0.29, 0.717) is 11.4 Å². The van der Waals surface area contributed by atoms with Gasteiger partial charge in [-0.05, 0) is 18.4 Å². The number of hydrogen-bond acceptors (Lipinski definition) is 8. The highest BCUT2D eigenvalue weighted by Crippen LogP contribution is 2.39. The van der Waals surface area contributed by atoms with Crippen molar-refractivity contribution in [3.63, 3.8) is 0 Å². The zero-order valence-electron chi connectivity index (χ0n) is 18.9. The minimum absolute atomic E-state index is 0.217. The van der Waals surface area contributed by atoms with E-state index < -0.39 is 0 Å². The highest BCUT2D eigenvalue weighted by Gasteiger charge is 2.27. The second-order valence-corrected chi connectivity index (χ2v) is 8.67. The number of carbonyl (C=O) groups is 1. The minimum atomic E-state index is -0.232. The van der Waals surface area contributed by atoms with Crippen LogP contribution in [0.25, 0.3) is 5.70 Å². The Morgan fingerprint density at radius 1 is 1.06 bits per heavy atom. The van der Waals surface area contributed by atoms with E-state index in [1.54, 1.807) is 43.6 Å². The Kier molecular flexibility index (Phi) is 5.60. The third kappa shape index (κ3) is 4.43. The van der Waals surface area contributed by atoms with Gasteiger partial charge in [-0.25, -0.2) is 19.9 Å². The van der Waals surface area contributed by atoms with Gasteiger partial charge < -0.3 is 16.0 Å². The first-order chi connectivity index (χ1) is 15.3. The van der Waals surface area contributed by atoms with E-state index in [-0.39, 0.29) is 11.3 Å². The van der Waals surface area contributed by atoms with Gasteiger partial charge in [0.2, 0.25) is 0 Å². The molecule has 1 aliphatic carbocycles. The Morgan fingerprint density at radius 2 is 1.78 bits per heavy atom. The summed E-state index contributed by atoms with van der Waals surface area (Å²) in [4.78, 5) is 30.1. The van der Waals surface area contributed by atoms with Gasteiger partial charge in [0.1, 0.15) is 23.5 Å². The number of amides is 1. The molecule has 0 atom stereocenters. The molecule has 0 aliphatic heterocycles. The summed E-state index contributed by atoms with van der Waals surface area (Å²) < 4.78 is 1.55. The molecule has 4 rings (SSSR count). The summed E-state index contributed by atoms with van der Waals surface area (Å²) in [5.74, 6) is 0.506. The average Bonchev–Trinajstić information content (AvgIpc) is 3.54. The van der Waals surface area contributed by atoms with E-state index in [1.807, 2.05) is 0 Å². The van der Waals surface area contributed by atoms with Gasteiger partial charge >= 0.3 is 0 Å². The van der Waals surface area contributed by atoms with Crippen LogP contribution in [0.15, 0.2) is 36.7 Å². The highest BCUT2D eigenvalue weighted by molar-refractivity contribution is 6.00. The van der Waals surface area contributed by atoms with E-state index in [1.165, 1.54) is 11.9 Å². The molecule has 32 heavy (non-hydrogen) atoms. The number of rotatable bonds is 6. The number of aromatic nitrogens is 6. The van der Waals surface area contributed by atoms with Crippen LogP contribution in [-0.4, -0.2) is 42.7 Å². The summed E-state index contributed by atoms with van der Waals surface area (Å²) in [6.07, 6.45) is 10.2.